The van der Waals surface area contributed by atoms with E-state index in [2.05, 4.69) is 5.32 Å². The van der Waals surface area contributed by atoms with Crippen molar-refractivity contribution in [2.75, 3.05) is 24.8 Å². The lowest BCUT2D eigenvalue weighted by atomic mass is 10.1. The third-order valence-corrected chi connectivity index (χ3v) is 4.68. The molecule has 28 heavy (non-hydrogen) atoms. The van der Waals surface area contributed by atoms with E-state index in [1.165, 1.54) is 31.2 Å². The van der Waals surface area contributed by atoms with E-state index < -0.39 is 34.9 Å². The van der Waals surface area contributed by atoms with Crippen LogP contribution >= 0.6 is 0 Å². The standard InChI is InChI=1S/C19H19NO7S/c1-13(21)14-6-5-7-15(10-14)26-12-19(23)27-11-18(22)20-16-8-3-4-9-17(16)28(2,24)25/h3-10H,11-12H2,1-2H3,(H,20,22). The van der Waals surface area contributed by atoms with E-state index in [0.717, 1.165) is 6.26 Å². The number of nitrogens with one attached hydrogen (secondary N) is 1. The van der Waals surface area contributed by atoms with Crippen LogP contribution in [0.15, 0.2) is 53.4 Å². The second-order valence-electron chi connectivity index (χ2n) is 5.85. The maximum Gasteiger partial charge on any atom is 0.344 e. The van der Waals surface area contributed by atoms with Gasteiger partial charge in [-0.3, -0.25) is 9.59 Å². The highest BCUT2D eigenvalue weighted by atomic mass is 32.2. The zero-order chi connectivity index (χ0) is 20.7. The molecule has 0 radical (unpaired) electrons. The number of benzene rings is 2. The van der Waals surface area contributed by atoms with E-state index in [-0.39, 0.29) is 16.4 Å². The predicted octanol–water partition coefficient (Wildman–Crippen LogP) is 1.85. The number of hydrogen-bond acceptors (Lipinski definition) is 7. The van der Waals surface area contributed by atoms with Gasteiger partial charge >= 0.3 is 5.97 Å². The van der Waals surface area contributed by atoms with Gasteiger partial charge in [-0.05, 0) is 31.2 Å². The molecule has 0 aromatic heterocycles. The zero-order valence-electron chi connectivity index (χ0n) is 15.3. The Kier molecular flexibility index (Phi) is 6.89. The first-order valence-electron chi connectivity index (χ1n) is 8.15. The van der Waals surface area contributed by atoms with Crippen molar-refractivity contribution in [1.82, 2.24) is 0 Å². The quantitative estimate of drug-likeness (QED) is 0.526. The highest BCUT2D eigenvalue weighted by Crippen LogP contribution is 2.20. The molecule has 0 atom stereocenters. The van der Waals surface area contributed by atoms with E-state index >= 15 is 0 Å². The molecule has 0 spiro atoms. The Morgan fingerprint density at radius 3 is 2.39 bits per heavy atom. The molecular weight excluding hydrogens is 386 g/mol. The van der Waals surface area contributed by atoms with Gasteiger partial charge in [0, 0.05) is 11.8 Å². The Hall–Kier alpha value is -3.20. The van der Waals surface area contributed by atoms with Crippen LogP contribution in [-0.2, 0) is 24.2 Å². The maximum atomic E-state index is 11.9. The number of hydrogen-bond donors (Lipinski definition) is 1. The third kappa shape index (κ3) is 6.20. The number of Topliss-reactive ketones (excluding diaryl/α,β-unsaturated/α-hetero) is 1. The minimum atomic E-state index is -3.53. The number of amides is 1. The molecule has 9 heteroatoms. The summed E-state index contributed by atoms with van der Waals surface area (Å²) >= 11 is 0. The molecule has 2 aromatic rings. The first kappa shape index (κ1) is 21.1. The Bertz CT molecular complexity index is 999. The SMILES string of the molecule is CC(=O)c1cccc(OCC(=O)OCC(=O)Nc2ccccc2S(C)(=O)=O)c1. The first-order chi connectivity index (χ1) is 13.2. The smallest absolute Gasteiger partial charge is 0.344 e. The Balaban J connectivity index is 1.86. The molecule has 0 saturated heterocycles. The van der Waals surface area contributed by atoms with Crippen LogP contribution in [-0.4, -0.2) is 45.5 Å². The molecule has 148 valence electrons. The van der Waals surface area contributed by atoms with Crippen LogP contribution in [0, 0.1) is 0 Å². The lowest BCUT2D eigenvalue weighted by Crippen LogP contribution is -2.24. The van der Waals surface area contributed by atoms with Crippen molar-refractivity contribution in [3.63, 3.8) is 0 Å². The van der Waals surface area contributed by atoms with E-state index in [4.69, 9.17) is 9.47 Å². The molecule has 0 saturated carbocycles. The Morgan fingerprint density at radius 1 is 1.00 bits per heavy atom. The maximum absolute atomic E-state index is 11.9. The average Bonchev–Trinajstić information content (AvgIpc) is 2.64. The number of para-hydroxylation sites is 1. The minimum Gasteiger partial charge on any atom is -0.482 e. The van der Waals surface area contributed by atoms with Crippen molar-refractivity contribution in [3.05, 3.63) is 54.1 Å². The van der Waals surface area contributed by atoms with E-state index in [0.29, 0.717) is 11.3 Å². The highest BCUT2D eigenvalue weighted by Gasteiger charge is 2.15. The summed E-state index contributed by atoms with van der Waals surface area (Å²) in [5, 5.41) is 2.39. The molecule has 0 aliphatic carbocycles. The van der Waals surface area contributed by atoms with Crippen molar-refractivity contribution in [2.24, 2.45) is 0 Å². The van der Waals surface area contributed by atoms with Crippen LogP contribution in [0.5, 0.6) is 5.75 Å². The molecule has 0 aliphatic heterocycles. The molecule has 1 amide bonds. The van der Waals surface area contributed by atoms with Crippen LogP contribution in [0.1, 0.15) is 17.3 Å². The van der Waals surface area contributed by atoms with Crippen LogP contribution in [0.4, 0.5) is 5.69 Å². The number of sulfone groups is 1. The normalized spacial score (nSPS) is 10.8. The summed E-state index contributed by atoms with van der Waals surface area (Å²) in [5.74, 6) is -1.31. The van der Waals surface area contributed by atoms with Crippen LogP contribution in [0.2, 0.25) is 0 Å². The van der Waals surface area contributed by atoms with E-state index in [1.54, 1.807) is 24.3 Å². The van der Waals surface area contributed by atoms with Crippen molar-refractivity contribution in [1.29, 1.82) is 0 Å². The fourth-order valence-corrected chi connectivity index (χ4v) is 3.06. The number of carbonyl (C=O) groups is 3. The van der Waals surface area contributed by atoms with Gasteiger partial charge in [0.2, 0.25) is 0 Å². The lowest BCUT2D eigenvalue weighted by molar-refractivity contribution is -0.149. The number of esters is 1. The summed E-state index contributed by atoms with van der Waals surface area (Å²) in [6, 6.07) is 12.2. The van der Waals surface area contributed by atoms with Gasteiger partial charge < -0.3 is 14.8 Å². The third-order valence-electron chi connectivity index (χ3n) is 3.52. The fraction of sp³-hybridized carbons (Fsp3) is 0.211. The van der Waals surface area contributed by atoms with Crippen molar-refractivity contribution in [3.8, 4) is 5.75 Å². The first-order valence-corrected chi connectivity index (χ1v) is 10.0. The second-order valence-corrected chi connectivity index (χ2v) is 7.83. The molecule has 1 N–H and O–H groups in total. The number of ketones is 1. The zero-order valence-corrected chi connectivity index (χ0v) is 16.1. The number of ether oxygens (including phenoxy) is 2. The molecule has 0 unspecified atom stereocenters. The predicted molar refractivity (Wildman–Crippen MR) is 101 cm³/mol. The lowest BCUT2D eigenvalue weighted by Gasteiger charge is -2.10. The molecular formula is C19H19NO7S. The number of carbonyl (C=O) groups excluding carboxylic acids is 3. The second kappa shape index (κ2) is 9.14. The largest absolute Gasteiger partial charge is 0.482 e. The van der Waals surface area contributed by atoms with Crippen molar-refractivity contribution < 1.29 is 32.3 Å². The van der Waals surface area contributed by atoms with E-state index in [1.807, 2.05) is 0 Å². The average molecular weight is 405 g/mol. The molecule has 2 aromatic carbocycles. The molecule has 2 rings (SSSR count). The molecule has 0 heterocycles. The van der Waals surface area contributed by atoms with E-state index in [9.17, 15) is 22.8 Å². The summed E-state index contributed by atoms with van der Waals surface area (Å²) < 4.78 is 33.5. The van der Waals surface area contributed by atoms with Gasteiger partial charge in [0.25, 0.3) is 5.91 Å². The van der Waals surface area contributed by atoms with Crippen LogP contribution in [0.25, 0.3) is 0 Å². The Labute approximate surface area is 162 Å². The summed E-state index contributed by atoms with van der Waals surface area (Å²) in [6.07, 6.45) is 1.02. The molecule has 8 nitrogen and oxygen atoms in total. The molecule has 0 bridgehead atoms. The molecule has 0 aliphatic rings. The van der Waals surface area contributed by atoms with Crippen LogP contribution in [0.3, 0.4) is 0 Å². The highest BCUT2D eigenvalue weighted by molar-refractivity contribution is 7.90. The van der Waals surface area contributed by atoms with Gasteiger partial charge in [0.1, 0.15) is 5.75 Å². The number of rotatable bonds is 8. The van der Waals surface area contributed by atoms with Crippen molar-refractivity contribution >= 4 is 33.2 Å². The topological polar surface area (TPSA) is 116 Å². The Morgan fingerprint density at radius 2 is 1.71 bits per heavy atom. The summed E-state index contributed by atoms with van der Waals surface area (Å²) in [7, 11) is -3.53. The minimum absolute atomic E-state index is 0.0386. The summed E-state index contributed by atoms with van der Waals surface area (Å²) in [6.45, 7) is 0.357. The summed E-state index contributed by atoms with van der Waals surface area (Å²) in [4.78, 5) is 34.9. The monoisotopic (exact) mass is 405 g/mol. The van der Waals surface area contributed by atoms with Crippen molar-refractivity contribution in [2.45, 2.75) is 11.8 Å². The van der Waals surface area contributed by atoms with Gasteiger partial charge in [-0.25, -0.2) is 13.2 Å². The fourth-order valence-electron chi connectivity index (χ4n) is 2.21. The van der Waals surface area contributed by atoms with Gasteiger partial charge in [0.15, 0.2) is 28.8 Å². The van der Waals surface area contributed by atoms with Gasteiger partial charge in [-0.2, -0.15) is 0 Å². The van der Waals surface area contributed by atoms with Crippen LogP contribution < -0.4 is 10.1 Å². The van der Waals surface area contributed by atoms with Gasteiger partial charge in [-0.1, -0.05) is 24.3 Å². The van der Waals surface area contributed by atoms with Gasteiger partial charge in [0.05, 0.1) is 10.6 Å². The van der Waals surface area contributed by atoms with Gasteiger partial charge in [-0.15, -0.1) is 0 Å². The number of anilines is 1. The molecule has 0 fully saturated rings. The summed E-state index contributed by atoms with van der Waals surface area (Å²) in [5.41, 5.74) is 0.540.